The van der Waals surface area contributed by atoms with E-state index in [1.165, 1.54) is 48.4 Å². The molecule has 0 spiro atoms. The third kappa shape index (κ3) is 3.12. The largest absolute Gasteiger partial charge is 0.379 e. The molecule has 21 heavy (non-hydrogen) atoms. The normalized spacial score (nSPS) is 19.5. The van der Waals surface area contributed by atoms with Crippen molar-refractivity contribution in [2.75, 3.05) is 7.11 Å². The summed E-state index contributed by atoms with van der Waals surface area (Å²) in [6, 6.07) is 14.9. The fraction of sp³-hybridized carbons (Fsp3) is 0.474. The molecule has 0 amide bonds. The standard InChI is InChI=1S/C19H25NO/c1-21-19(15-8-3-2-4-9-15)18(20)17-12-11-14-7-5-6-10-16(14)13-17/h5-7,10-13,15,18-19H,2-4,8-9,20H2,1H3. The van der Waals surface area contributed by atoms with Crippen LogP contribution in [0.5, 0.6) is 0 Å². The lowest BCUT2D eigenvalue weighted by Crippen LogP contribution is -2.35. The van der Waals surface area contributed by atoms with E-state index in [1.54, 1.807) is 7.11 Å². The van der Waals surface area contributed by atoms with Gasteiger partial charge in [-0.3, -0.25) is 0 Å². The van der Waals surface area contributed by atoms with Crippen LogP contribution >= 0.6 is 0 Å². The van der Waals surface area contributed by atoms with Crippen LogP contribution in [0.15, 0.2) is 42.5 Å². The SMILES string of the molecule is COC(C1CCCCC1)C(N)c1ccc2ccccc2c1. The summed E-state index contributed by atoms with van der Waals surface area (Å²) >= 11 is 0. The number of hydrogen-bond donors (Lipinski definition) is 1. The maximum absolute atomic E-state index is 6.55. The Bertz CT molecular complexity index is 589. The van der Waals surface area contributed by atoms with E-state index in [0.29, 0.717) is 5.92 Å². The van der Waals surface area contributed by atoms with Crippen LogP contribution in [0, 0.1) is 5.92 Å². The maximum Gasteiger partial charge on any atom is 0.0791 e. The highest BCUT2D eigenvalue weighted by Gasteiger charge is 2.29. The van der Waals surface area contributed by atoms with E-state index < -0.39 is 0 Å². The molecule has 0 heterocycles. The number of benzene rings is 2. The zero-order valence-corrected chi connectivity index (χ0v) is 12.8. The Labute approximate surface area is 127 Å². The highest BCUT2D eigenvalue weighted by molar-refractivity contribution is 5.83. The molecule has 1 saturated carbocycles. The summed E-state index contributed by atoms with van der Waals surface area (Å²) < 4.78 is 5.79. The molecule has 2 unspecified atom stereocenters. The molecule has 0 saturated heterocycles. The second-order valence-corrected chi connectivity index (χ2v) is 6.23. The molecule has 2 atom stereocenters. The molecule has 2 aromatic carbocycles. The Hall–Kier alpha value is -1.38. The van der Waals surface area contributed by atoms with Crippen molar-refractivity contribution >= 4 is 10.8 Å². The van der Waals surface area contributed by atoms with Crippen LogP contribution in [0.25, 0.3) is 10.8 Å². The van der Waals surface area contributed by atoms with Gasteiger partial charge in [0.15, 0.2) is 0 Å². The van der Waals surface area contributed by atoms with Gasteiger partial charge in [0.2, 0.25) is 0 Å². The van der Waals surface area contributed by atoms with Gasteiger partial charge in [0.25, 0.3) is 0 Å². The molecule has 2 nitrogen and oxygen atoms in total. The summed E-state index contributed by atoms with van der Waals surface area (Å²) in [4.78, 5) is 0. The van der Waals surface area contributed by atoms with Crippen molar-refractivity contribution in [1.29, 1.82) is 0 Å². The molecule has 1 fully saturated rings. The fourth-order valence-electron chi connectivity index (χ4n) is 3.70. The molecular formula is C19H25NO. The van der Waals surface area contributed by atoms with Gasteiger partial charge in [0.1, 0.15) is 0 Å². The first-order valence-electron chi connectivity index (χ1n) is 8.06. The molecule has 0 aromatic heterocycles. The number of hydrogen-bond acceptors (Lipinski definition) is 2. The predicted octanol–water partition coefficient (Wildman–Crippen LogP) is 4.43. The number of nitrogens with two attached hydrogens (primary N) is 1. The summed E-state index contributed by atoms with van der Waals surface area (Å²) in [5.41, 5.74) is 7.73. The topological polar surface area (TPSA) is 35.2 Å². The van der Waals surface area contributed by atoms with Crippen molar-refractivity contribution in [2.24, 2.45) is 11.7 Å². The van der Waals surface area contributed by atoms with Crippen molar-refractivity contribution in [2.45, 2.75) is 44.2 Å². The molecule has 0 aliphatic heterocycles. The van der Waals surface area contributed by atoms with Crippen LogP contribution in [0.2, 0.25) is 0 Å². The number of methoxy groups -OCH3 is 1. The average molecular weight is 283 g/mol. The average Bonchev–Trinajstić information content (AvgIpc) is 2.56. The Kier molecular flexibility index (Phi) is 4.57. The van der Waals surface area contributed by atoms with E-state index >= 15 is 0 Å². The van der Waals surface area contributed by atoms with Crippen molar-refractivity contribution < 1.29 is 4.74 Å². The second-order valence-electron chi connectivity index (χ2n) is 6.23. The third-order valence-corrected chi connectivity index (χ3v) is 4.90. The molecule has 2 aromatic rings. The summed E-state index contributed by atoms with van der Waals surface area (Å²) in [6.45, 7) is 0. The lowest BCUT2D eigenvalue weighted by atomic mass is 9.81. The zero-order chi connectivity index (χ0) is 14.7. The lowest BCUT2D eigenvalue weighted by molar-refractivity contribution is 0.0173. The van der Waals surface area contributed by atoms with Crippen molar-refractivity contribution in [3.63, 3.8) is 0 Å². The minimum atomic E-state index is -0.0392. The zero-order valence-electron chi connectivity index (χ0n) is 12.8. The number of rotatable bonds is 4. The third-order valence-electron chi connectivity index (χ3n) is 4.90. The van der Waals surface area contributed by atoms with Crippen LogP contribution in [0.4, 0.5) is 0 Å². The Morgan fingerprint density at radius 1 is 1.00 bits per heavy atom. The highest BCUT2D eigenvalue weighted by Crippen LogP contribution is 2.33. The van der Waals surface area contributed by atoms with E-state index in [0.717, 1.165) is 0 Å². The van der Waals surface area contributed by atoms with E-state index in [9.17, 15) is 0 Å². The van der Waals surface area contributed by atoms with E-state index in [2.05, 4.69) is 42.5 Å². The minimum Gasteiger partial charge on any atom is -0.379 e. The smallest absolute Gasteiger partial charge is 0.0791 e. The summed E-state index contributed by atoms with van der Waals surface area (Å²) in [7, 11) is 1.81. The van der Waals surface area contributed by atoms with Gasteiger partial charge < -0.3 is 10.5 Å². The predicted molar refractivity (Wildman–Crippen MR) is 88.2 cm³/mol. The van der Waals surface area contributed by atoms with Gasteiger partial charge in [-0.05, 0) is 41.2 Å². The molecule has 1 aliphatic carbocycles. The lowest BCUT2D eigenvalue weighted by Gasteiger charge is -2.33. The summed E-state index contributed by atoms with van der Waals surface area (Å²) in [6.07, 6.45) is 6.62. The van der Waals surface area contributed by atoms with Gasteiger partial charge in [-0.2, -0.15) is 0 Å². The fourth-order valence-corrected chi connectivity index (χ4v) is 3.70. The van der Waals surface area contributed by atoms with E-state index in [4.69, 9.17) is 10.5 Å². The van der Waals surface area contributed by atoms with Crippen LogP contribution in [0.1, 0.15) is 43.7 Å². The first-order chi connectivity index (χ1) is 10.3. The first kappa shape index (κ1) is 14.6. The van der Waals surface area contributed by atoms with Gasteiger partial charge in [-0.1, -0.05) is 55.7 Å². The second kappa shape index (κ2) is 6.59. The molecular weight excluding hydrogens is 258 g/mol. The summed E-state index contributed by atoms with van der Waals surface area (Å²) in [5, 5.41) is 2.52. The van der Waals surface area contributed by atoms with Gasteiger partial charge in [-0.25, -0.2) is 0 Å². The van der Waals surface area contributed by atoms with Crippen LogP contribution < -0.4 is 5.73 Å². The van der Waals surface area contributed by atoms with Gasteiger partial charge in [-0.15, -0.1) is 0 Å². The molecule has 2 N–H and O–H groups in total. The van der Waals surface area contributed by atoms with Crippen molar-refractivity contribution in [1.82, 2.24) is 0 Å². The molecule has 3 rings (SSSR count). The molecule has 0 radical (unpaired) electrons. The van der Waals surface area contributed by atoms with Gasteiger partial charge in [0.05, 0.1) is 12.1 Å². The van der Waals surface area contributed by atoms with Crippen LogP contribution in [-0.4, -0.2) is 13.2 Å². The van der Waals surface area contributed by atoms with E-state index in [-0.39, 0.29) is 12.1 Å². The van der Waals surface area contributed by atoms with Crippen LogP contribution in [-0.2, 0) is 4.74 Å². The van der Waals surface area contributed by atoms with Gasteiger partial charge in [0, 0.05) is 7.11 Å². The Morgan fingerprint density at radius 3 is 2.43 bits per heavy atom. The molecule has 0 bridgehead atoms. The highest BCUT2D eigenvalue weighted by atomic mass is 16.5. The first-order valence-corrected chi connectivity index (χ1v) is 8.06. The maximum atomic E-state index is 6.55. The number of fused-ring (bicyclic) bond motifs is 1. The quantitative estimate of drug-likeness (QED) is 0.900. The summed E-state index contributed by atoms with van der Waals surface area (Å²) in [5.74, 6) is 0.602. The molecule has 1 aliphatic rings. The Balaban J connectivity index is 1.84. The monoisotopic (exact) mass is 283 g/mol. The molecule has 112 valence electrons. The van der Waals surface area contributed by atoms with Gasteiger partial charge >= 0.3 is 0 Å². The van der Waals surface area contributed by atoms with Crippen molar-refractivity contribution in [3.05, 3.63) is 48.0 Å². The van der Waals surface area contributed by atoms with Crippen LogP contribution in [0.3, 0.4) is 0 Å². The van der Waals surface area contributed by atoms with E-state index in [1.807, 2.05) is 0 Å². The number of ether oxygens (including phenoxy) is 1. The van der Waals surface area contributed by atoms with Crippen molar-refractivity contribution in [3.8, 4) is 0 Å². The Morgan fingerprint density at radius 2 is 1.71 bits per heavy atom. The molecule has 2 heteroatoms. The minimum absolute atomic E-state index is 0.0392.